The van der Waals surface area contributed by atoms with Gasteiger partial charge in [0.05, 0.1) is 0 Å². The molecule has 1 unspecified atom stereocenters. The van der Waals surface area contributed by atoms with E-state index in [0.29, 0.717) is 5.92 Å². The average Bonchev–Trinajstić information content (AvgIpc) is 2.16. The van der Waals surface area contributed by atoms with Gasteiger partial charge in [-0.05, 0) is 48.8 Å². The highest BCUT2D eigenvalue weighted by Crippen LogP contribution is 2.23. The monoisotopic (exact) mass is 193 g/mol. The topological polar surface area (TPSA) is 0 Å². The van der Waals surface area contributed by atoms with E-state index in [4.69, 9.17) is 0 Å². The molecule has 1 atom stereocenters. The first-order valence-electron chi connectivity index (χ1n) is 4.68. The van der Waals surface area contributed by atoms with Gasteiger partial charge in [-0.25, -0.2) is 0 Å². The van der Waals surface area contributed by atoms with E-state index < -0.39 is 0 Å². The second-order valence-corrected chi connectivity index (χ2v) is 4.25. The van der Waals surface area contributed by atoms with Gasteiger partial charge >= 0.3 is 0 Å². The smallest absolute Gasteiger partial charge is 0.00747 e. The zero-order valence-electron chi connectivity index (χ0n) is 8.63. The van der Waals surface area contributed by atoms with Crippen molar-refractivity contribution in [2.24, 2.45) is 0 Å². The van der Waals surface area contributed by atoms with Gasteiger partial charge in [0.2, 0.25) is 0 Å². The van der Waals surface area contributed by atoms with Gasteiger partial charge in [0.25, 0.3) is 0 Å². The third-order valence-corrected chi connectivity index (χ3v) is 2.91. The summed E-state index contributed by atoms with van der Waals surface area (Å²) in [7, 11) is 0. The fraction of sp³-hybridized carbons (Fsp3) is 0.417. The first-order chi connectivity index (χ1) is 6.17. The molecule has 0 aromatic heterocycles. The van der Waals surface area contributed by atoms with Crippen LogP contribution in [-0.4, -0.2) is 6.26 Å². The van der Waals surface area contributed by atoms with Crippen LogP contribution in [0.1, 0.15) is 30.9 Å². The molecule has 0 N–H and O–H groups in total. The third-order valence-electron chi connectivity index (χ3n) is 2.20. The largest absolute Gasteiger partial charge is 0.130 e. The highest BCUT2D eigenvalue weighted by atomic mass is 32.2. The van der Waals surface area contributed by atoms with Crippen LogP contribution in [0.15, 0.2) is 23.1 Å². The Bertz CT molecular complexity index is 254. The van der Waals surface area contributed by atoms with E-state index in [1.54, 1.807) is 11.8 Å². The summed E-state index contributed by atoms with van der Waals surface area (Å²) in [5, 5.41) is 0. The van der Waals surface area contributed by atoms with E-state index >= 15 is 0 Å². The number of thioether (sulfide) groups is 1. The van der Waals surface area contributed by atoms with Gasteiger partial charge in [0.1, 0.15) is 0 Å². The maximum atomic E-state index is 4.05. The molecule has 13 heavy (non-hydrogen) atoms. The fourth-order valence-electron chi connectivity index (χ4n) is 1.29. The molecule has 0 amide bonds. The zero-order valence-corrected chi connectivity index (χ0v) is 9.45. The number of hydrogen-bond donors (Lipinski definition) is 0. The average molecular weight is 193 g/mol. The maximum Gasteiger partial charge on any atom is 0.00747 e. The molecule has 1 heteroatoms. The summed E-state index contributed by atoms with van der Waals surface area (Å²) in [5.74, 6) is 0.386. The Hall–Kier alpha value is -0.430. The van der Waals surface area contributed by atoms with Crippen molar-refractivity contribution in [2.75, 3.05) is 6.26 Å². The minimum absolute atomic E-state index is 0.386. The number of rotatable bonds is 3. The van der Waals surface area contributed by atoms with Crippen molar-refractivity contribution in [1.29, 1.82) is 0 Å². The molecule has 0 nitrogen and oxygen atoms in total. The fourth-order valence-corrected chi connectivity index (χ4v) is 1.82. The Morgan fingerprint density at radius 3 is 2.54 bits per heavy atom. The second kappa shape index (κ2) is 4.71. The van der Waals surface area contributed by atoms with Crippen molar-refractivity contribution >= 4 is 11.8 Å². The molecule has 0 spiro atoms. The maximum absolute atomic E-state index is 4.05. The lowest BCUT2D eigenvalue weighted by molar-refractivity contribution is 0.945. The summed E-state index contributed by atoms with van der Waals surface area (Å²) in [5.41, 5.74) is 2.76. The minimum Gasteiger partial charge on any atom is -0.130 e. The van der Waals surface area contributed by atoms with Gasteiger partial charge in [0, 0.05) is 4.90 Å². The normalized spacial score (nSPS) is 10.8. The lowest BCUT2D eigenvalue weighted by atomic mass is 10.00. The van der Waals surface area contributed by atoms with Crippen molar-refractivity contribution in [3.63, 3.8) is 0 Å². The molecular weight excluding hydrogens is 176 g/mol. The van der Waals surface area contributed by atoms with Crippen LogP contribution in [0.3, 0.4) is 0 Å². The van der Waals surface area contributed by atoms with Crippen LogP contribution in [0.4, 0.5) is 0 Å². The number of hydrogen-bond acceptors (Lipinski definition) is 1. The van der Waals surface area contributed by atoms with Crippen molar-refractivity contribution < 1.29 is 0 Å². The first-order valence-corrected chi connectivity index (χ1v) is 5.90. The SMILES string of the molecule is [CH2]C(C)c1cc(CC)cc(SC)c1. The molecule has 1 radical (unpaired) electrons. The predicted octanol–water partition coefficient (Wildman–Crippen LogP) is 3.91. The van der Waals surface area contributed by atoms with Gasteiger partial charge in [-0.3, -0.25) is 0 Å². The summed E-state index contributed by atoms with van der Waals surface area (Å²) < 4.78 is 0. The lowest BCUT2D eigenvalue weighted by Crippen LogP contribution is -1.91. The summed E-state index contributed by atoms with van der Waals surface area (Å²) in [6.07, 6.45) is 3.22. The quantitative estimate of drug-likeness (QED) is 0.656. The molecule has 0 aliphatic carbocycles. The van der Waals surface area contributed by atoms with Crippen LogP contribution in [-0.2, 0) is 6.42 Å². The van der Waals surface area contributed by atoms with Crippen molar-refractivity contribution in [3.8, 4) is 0 Å². The molecule has 0 saturated carbocycles. The second-order valence-electron chi connectivity index (χ2n) is 3.37. The highest BCUT2D eigenvalue weighted by molar-refractivity contribution is 7.98. The molecule has 0 heterocycles. The minimum atomic E-state index is 0.386. The van der Waals surface area contributed by atoms with Crippen molar-refractivity contribution in [1.82, 2.24) is 0 Å². The van der Waals surface area contributed by atoms with E-state index in [2.05, 4.69) is 45.2 Å². The van der Waals surface area contributed by atoms with Gasteiger partial charge < -0.3 is 0 Å². The highest BCUT2D eigenvalue weighted by Gasteiger charge is 2.02. The predicted molar refractivity (Wildman–Crippen MR) is 61.4 cm³/mol. The molecule has 0 fully saturated rings. The van der Waals surface area contributed by atoms with E-state index in [9.17, 15) is 0 Å². The van der Waals surface area contributed by atoms with E-state index in [1.165, 1.54) is 16.0 Å². The van der Waals surface area contributed by atoms with Crippen LogP contribution >= 0.6 is 11.8 Å². The summed E-state index contributed by atoms with van der Waals surface area (Å²) in [4.78, 5) is 1.35. The molecule has 0 saturated heterocycles. The Morgan fingerprint density at radius 1 is 1.38 bits per heavy atom. The van der Waals surface area contributed by atoms with Gasteiger partial charge in [-0.2, -0.15) is 0 Å². The van der Waals surface area contributed by atoms with Crippen LogP contribution in [0.2, 0.25) is 0 Å². The zero-order chi connectivity index (χ0) is 9.84. The van der Waals surface area contributed by atoms with E-state index in [-0.39, 0.29) is 0 Å². The first kappa shape index (κ1) is 10.6. The Morgan fingerprint density at radius 2 is 2.08 bits per heavy atom. The standard InChI is InChI=1S/C12H17S/c1-5-10-6-11(9(2)3)8-12(7-10)13-4/h6-9H,2,5H2,1,3-4H3. The van der Waals surface area contributed by atoms with E-state index in [0.717, 1.165) is 6.42 Å². The van der Waals surface area contributed by atoms with E-state index in [1.807, 2.05) is 0 Å². The Balaban J connectivity index is 3.07. The molecule has 0 aliphatic rings. The lowest BCUT2D eigenvalue weighted by Gasteiger charge is -2.09. The Labute approximate surface area is 85.7 Å². The van der Waals surface area contributed by atoms with Crippen LogP contribution in [0.5, 0.6) is 0 Å². The van der Waals surface area contributed by atoms with Crippen LogP contribution < -0.4 is 0 Å². The van der Waals surface area contributed by atoms with Gasteiger partial charge in [-0.1, -0.05) is 19.9 Å². The van der Waals surface area contributed by atoms with Crippen LogP contribution in [0.25, 0.3) is 0 Å². The number of benzene rings is 1. The molecule has 1 rings (SSSR count). The molecule has 1 aromatic rings. The van der Waals surface area contributed by atoms with Gasteiger partial charge in [-0.15, -0.1) is 11.8 Å². The van der Waals surface area contributed by atoms with Crippen molar-refractivity contribution in [3.05, 3.63) is 36.2 Å². The van der Waals surface area contributed by atoms with Gasteiger partial charge in [0.15, 0.2) is 0 Å². The summed E-state index contributed by atoms with van der Waals surface area (Å²) >= 11 is 1.80. The molecule has 1 aromatic carbocycles. The molecule has 0 aliphatic heterocycles. The Kier molecular flexibility index (Phi) is 3.86. The van der Waals surface area contributed by atoms with Crippen LogP contribution in [0, 0.1) is 6.92 Å². The third kappa shape index (κ3) is 2.77. The summed E-state index contributed by atoms with van der Waals surface area (Å²) in [6.45, 7) is 8.38. The number of aryl methyl sites for hydroxylation is 1. The molecule has 0 bridgehead atoms. The molecular formula is C12H17S. The van der Waals surface area contributed by atoms with Crippen molar-refractivity contribution in [2.45, 2.75) is 31.1 Å². The molecule has 71 valence electrons. The summed E-state index contributed by atoms with van der Waals surface area (Å²) in [6, 6.07) is 6.76.